The first kappa shape index (κ1) is 21.9. The molecule has 0 saturated carbocycles. The first-order valence-electron chi connectivity index (χ1n) is 9.88. The van der Waals surface area contributed by atoms with Gasteiger partial charge in [-0.3, -0.25) is 19.9 Å². The minimum atomic E-state index is -0.332. The number of amides is 2. The Morgan fingerprint density at radius 3 is 2.55 bits per heavy atom. The van der Waals surface area contributed by atoms with Gasteiger partial charge in [0.25, 0.3) is 0 Å². The molecule has 1 aromatic carbocycles. The SMILES string of the molecule is Cl.O=C(CN1CCN(C(=O)C2NNC3CCNCC32)CC1)Nc1ccc(F)cc1. The third-order valence-corrected chi connectivity index (χ3v) is 5.83. The summed E-state index contributed by atoms with van der Waals surface area (Å²) in [5.41, 5.74) is 7.03. The highest BCUT2D eigenvalue weighted by molar-refractivity contribution is 5.92. The Balaban J connectivity index is 0.00000240. The third-order valence-electron chi connectivity index (χ3n) is 5.83. The van der Waals surface area contributed by atoms with Crippen molar-refractivity contribution in [2.45, 2.75) is 18.5 Å². The van der Waals surface area contributed by atoms with Gasteiger partial charge in [-0.2, -0.15) is 0 Å². The highest BCUT2D eigenvalue weighted by Gasteiger charge is 2.43. The van der Waals surface area contributed by atoms with Crippen LogP contribution in [-0.4, -0.2) is 79.5 Å². The van der Waals surface area contributed by atoms with Crippen LogP contribution in [0.4, 0.5) is 10.1 Å². The minimum absolute atomic E-state index is 0. The van der Waals surface area contributed by atoms with E-state index in [0.717, 1.165) is 19.5 Å². The number of carbonyl (C=O) groups excluding carboxylic acids is 2. The number of hydrazine groups is 1. The monoisotopic (exact) mass is 426 g/mol. The van der Waals surface area contributed by atoms with Crippen molar-refractivity contribution in [2.24, 2.45) is 5.92 Å². The number of carbonyl (C=O) groups is 2. The third kappa shape index (κ3) is 5.23. The average molecular weight is 427 g/mol. The highest BCUT2D eigenvalue weighted by Crippen LogP contribution is 2.22. The zero-order valence-corrected chi connectivity index (χ0v) is 17.0. The van der Waals surface area contributed by atoms with E-state index in [1.807, 2.05) is 9.80 Å². The van der Waals surface area contributed by atoms with Gasteiger partial charge < -0.3 is 15.5 Å². The zero-order valence-electron chi connectivity index (χ0n) is 16.2. The number of piperazine rings is 1. The van der Waals surface area contributed by atoms with Gasteiger partial charge in [0.2, 0.25) is 11.8 Å². The molecule has 3 saturated heterocycles. The van der Waals surface area contributed by atoms with Crippen LogP contribution >= 0.6 is 12.4 Å². The summed E-state index contributed by atoms with van der Waals surface area (Å²) in [4.78, 5) is 29.0. The van der Waals surface area contributed by atoms with Gasteiger partial charge in [0.15, 0.2) is 0 Å². The average Bonchev–Trinajstić information content (AvgIpc) is 3.14. The summed E-state index contributed by atoms with van der Waals surface area (Å²) in [7, 11) is 0. The van der Waals surface area contributed by atoms with E-state index < -0.39 is 0 Å². The van der Waals surface area contributed by atoms with Crippen LogP contribution in [0.2, 0.25) is 0 Å². The second kappa shape index (κ2) is 9.82. The number of anilines is 1. The van der Waals surface area contributed by atoms with E-state index >= 15 is 0 Å². The number of fused-ring (bicyclic) bond motifs is 1. The number of rotatable bonds is 4. The number of piperidine rings is 1. The minimum Gasteiger partial charge on any atom is -0.339 e. The lowest BCUT2D eigenvalue weighted by Gasteiger charge is -2.37. The largest absolute Gasteiger partial charge is 0.339 e. The number of hydrogen-bond donors (Lipinski definition) is 4. The predicted octanol–water partition coefficient (Wildman–Crippen LogP) is -0.215. The first-order valence-corrected chi connectivity index (χ1v) is 9.88. The maximum absolute atomic E-state index is 12.9. The van der Waals surface area contributed by atoms with Crippen molar-refractivity contribution < 1.29 is 14.0 Å². The van der Waals surface area contributed by atoms with Gasteiger partial charge in [0.05, 0.1) is 6.54 Å². The number of hydrogen-bond acceptors (Lipinski definition) is 6. The van der Waals surface area contributed by atoms with Crippen LogP contribution in [0.15, 0.2) is 24.3 Å². The molecule has 160 valence electrons. The smallest absolute Gasteiger partial charge is 0.241 e. The molecule has 4 rings (SSSR count). The highest BCUT2D eigenvalue weighted by atomic mass is 35.5. The van der Waals surface area contributed by atoms with Crippen molar-refractivity contribution in [1.82, 2.24) is 26.0 Å². The standard InChI is InChI=1S/C19H27FN6O2.ClH/c20-13-1-3-14(4-2-13)22-17(27)12-25-7-9-26(10-8-25)19(28)18-15-11-21-6-5-16(15)23-24-18;/h1-4,15-16,18,21,23-24H,5-12H2,(H,22,27);1H. The molecule has 4 N–H and O–H groups in total. The van der Waals surface area contributed by atoms with E-state index in [2.05, 4.69) is 21.5 Å². The Kier molecular flexibility index (Phi) is 7.42. The first-order chi connectivity index (χ1) is 13.6. The lowest BCUT2D eigenvalue weighted by molar-refractivity contribution is -0.136. The van der Waals surface area contributed by atoms with Crippen molar-refractivity contribution in [2.75, 3.05) is 51.1 Å². The summed E-state index contributed by atoms with van der Waals surface area (Å²) >= 11 is 0. The summed E-state index contributed by atoms with van der Waals surface area (Å²) in [6.07, 6.45) is 1.03. The summed E-state index contributed by atoms with van der Waals surface area (Å²) in [5.74, 6) is -0.0508. The number of halogens is 2. The van der Waals surface area contributed by atoms with E-state index in [-0.39, 0.29) is 48.5 Å². The van der Waals surface area contributed by atoms with Gasteiger partial charge in [-0.25, -0.2) is 9.82 Å². The molecular formula is C19H28ClFN6O2. The van der Waals surface area contributed by atoms with Gasteiger partial charge in [0, 0.05) is 50.4 Å². The normalized spacial score (nSPS) is 27.1. The molecule has 0 radical (unpaired) electrons. The fourth-order valence-electron chi connectivity index (χ4n) is 4.22. The Hall–Kier alpha value is -1.78. The Morgan fingerprint density at radius 2 is 1.83 bits per heavy atom. The maximum Gasteiger partial charge on any atom is 0.241 e. The fraction of sp³-hybridized carbons (Fsp3) is 0.579. The molecule has 3 fully saturated rings. The van der Waals surface area contributed by atoms with Crippen LogP contribution in [0.25, 0.3) is 0 Å². The van der Waals surface area contributed by atoms with Crippen molar-refractivity contribution in [3.63, 3.8) is 0 Å². The second-order valence-electron chi connectivity index (χ2n) is 7.69. The van der Waals surface area contributed by atoms with Crippen LogP contribution in [-0.2, 0) is 9.59 Å². The molecule has 29 heavy (non-hydrogen) atoms. The van der Waals surface area contributed by atoms with Crippen molar-refractivity contribution in [1.29, 1.82) is 0 Å². The Labute approximate surface area is 175 Å². The molecule has 1 aromatic rings. The van der Waals surface area contributed by atoms with Gasteiger partial charge >= 0.3 is 0 Å². The quantitative estimate of drug-likeness (QED) is 0.532. The van der Waals surface area contributed by atoms with E-state index in [1.54, 1.807) is 12.1 Å². The van der Waals surface area contributed by atoms with Crippen LogP contribution in [0, 0.1) is 11.7 Å². The van der Waals surface area contributed by atoms with Crippen LogP contribution in [0.3, 0.4) is 0 Å². The van der Waals surface area contributed by atoms with E-state index in [1.165, 1.54) is 12.1 Å². The van der Waals surface area contributed by atoms with Crippen LogP contribution < -0.4 is 21.5 Å². The number of nitrogens with one attached hydrogen (secondary N) is 4. The summed E-state index contributed by atoms with van der Waals surface area (Å²) in [6.45, 7) is 4.65. The van der Waals surface area contributed by atoms with E-state index in [0.29, 0.717) is 37.9 Å². The molecule has 0 spiro atoms. The van der Waals surface area contributed by atoms with Gasteiger partial charge in [-0.1, -0.05) is 0 Å². The molecule has 3 aliphatic heterocycles. The lowest BCUT2D eigenvalue weighted by Crippen LogP contribution is -2.56. The molecule has 3 atom stereocenters. The summed E-state index contributed by atoms with van der Waals surface area (Å²) in [6, 6.07) is 5.88. The van der Waals surface area contributed by atoms with Crippen molar-refractivity contribution in [3.8, 4) is 0 Å². The lowest BCUT2D eigenvalue weighted by atomic mass is 9.89. The summed E-state index contributed by atoms with van der Waals surface area (Å²) in [5, 5.41) is 6.14. The fourth-order valence-corrected chi connectivity index (χ4v) is 4.22. The molecule has 3 unspecified atom stereocenters. The van der Waals surface area contributed by atoms with Gasteiger partial charge in [0.1, 0.15) is 11.9 Å². The molecule has 2 amide bonds. The predicted molar refractivity (Wildman–Crippen MR) is 110 cm³/mol. The molecule has 0 aromatic heterocycles. The van der Waals surface area contributed by atoms with E-state index in [4.69, 9.17) is 0 Å². The van der Waals surface area contributed by atoms with Crippen molar-refractivity contribution >= 4 is 29.9 Å². The molecule has 8 nitrogen and oxygen atoms in total. The molecular weight excluding hydrogens is 399 g/mol. The molecule has 0 bridgehead atoms. The maximum atomic E-state index is 12.9. The van der Waals surface area contributed by atoms with Crippen molar-refractivity contribution in [3.05, 3.63) is 30.1 Å². The molecule has 3 aliphatic rings. The Bertz CT molecular complexity index is 713. The zero-order chi connectivity index (χ0) is 19.5. The number of benzene rings is 1. The molecule has 3 heterocycles. The number of nitrogens with zero attached hydrogens (tertiary/aromatic N) is 2. The van der Waals surface area contributed by atoms with Crippen LogP contribution in [0.5, 0.6) is 0 Å². The molecule has 0 aliphatic carbocycles. The second-order valence-corrected chi connectivity index (χ2v) is 7.69. The molecule has 10 heteroatoms. The van der Waals surface area contributed by atoms with Gasteiger partial charge in [-0.05, 0) is 37.2 Å². The van der Waals surface area contributed by atoms with E-state index in [9.17, 15) is 14.0 Å². The Morgan fingerprint density at radius 1 is 1.10 bits per heavy atom. The summed E-state index contributed by atoms with van der Waals surface area (Å²) < 4.78 is 12.9. The van der Waals surface area contributed by atoms with Gasteiger partial charge in [-0.15, -0.1) is 12.4 Å². The topological polar surface area (TPSA) is 88.7 Å². The van der Waals surface area contributed by atoms with Crippen LogP contribution in [0.1, 0.15) is 6.42 Å².